The molecule has 0 spiro atoms. The Balaban J connectivity index is 2.45. The van der Waals surface area contributed by atoms with Crippen molar-refractivity contribution >= 4 is 28.1 Å². The average molecular weight is 282 g/mol. The molecule has 0 aliphatic heterocycles. The van der Waals surface area contributed by atoms with Gasteiger partial charge in [0.15, 0.2) is 0 Å². The second kappa shape index (κ2) is 5.46. The molecule has 0 aliphatic rings. The minimum Gasteiger partial charge on any atom is -0.364 e. The van der Waals surface area contributed by atoms with E-state index in [1.807, 2.05) is 24.3 Å². The average Bonchev–Trinajstić information content (AvgIpc) is 2.52. The van der Waals surface area contributed by atoms with Crippen molar-refractivity contribution in [3.8, 4) is 0 Å². The van der Waals surface area contributed by atoms with E-state index in [1.54, 1.807) is 23.8 Å². The summed E-state index contributed by atoms with van der Waals surface area (Å²) >= 11 is 0. The Hall–Kier alpha value is -2.53. The number of ether oxygens (including phenoxy) is 1. The molecule has 0 bridgehead atoms. The SMILES string of the molecule is COCn1c(=O)c2ccc(CC=O)nc2c2ccccc21. The summed E-state index contributed by atoms with van der Waals surface area (Å²) < 4.78 is 6.71. The minimum absolute atomic E-state index is 0.143. The Kier molecular flexibility index (Phi) is 3.50. The molecule has 0 aliphatic carbocycles. The summed E-state index contributed by atoms with van der Waals surface area (Å²) in [5, 5.41) is 1.40. The van der Waals surface area contributed by atoms with Crippen LogP contribution in [0.1, 0.15) is 5.69 Å². The Morgan fingerprint density at radius 1 is 1.19 bits per heavy atom. The molecular weight excluding hydrogens is 268 g/mol. The van der Waals surface area contributed by atoms with E-state index in [0.717, 1.165) is 17.2 Å². The van der Waals surface area contributed by atoms with E-state index in [1.165, 1.54) is 0 Å². The molecule has 0 saturated heterocycles. The fourth-order valence-electron chi connectivity index (χ4n) is 2.50. The van der Waals surface area contributed by atoms with Gasteiger partial charge in [-0.1, -0.05) is 18.2 Å². The number of aromatic nitrogens is 2. The maximum Gasteiger partial charge on any atom is 0.262 e. The van der Waals surface area contributed by atoms with Crippen molar-refractivity contribution in [3.63, 3.8) is 0 Å². The summed E-state index contributed by atoms with van der Waals surface area (Å²) in [6.07, 6.45) is 1.05. The molecule has 5 heteroatoms. The predicted octanol–water partition coefficient (Wildman–Crippen LogP) is 1.90. The zero-order valence-electron chi connectivity index (χ0n) is 11.6. The number of aldehydes is 1. The number of methoxy groups -OCH3 is 1. The van der Waals surface area contributed by atoms with Gasteiger partial charge in [-0.2, -0.15) is 0 Å². The maximum absolute atomic E-state index is 12.6. The molecule has 0 N–H and O–H groups in total. The van der Waals surface area contributed by atoms with Crippen LogP contribution in [0.5, 0.6) is 0 Å². The quantitative estimate of drug-likeness (QED) is 0.541. The van der Waals surface area contributed by atoms with Crippen LogP contribution in [0.2, 0.25) is 0 Å². The van der Waals surface area contributed by atoms with Crippen molar-refractivity contribution in [2.24, 2.45) is 0 Å². The van der Waals surface area contributed by atoms with Crippen LogP contribution in [0.3, 0.4) is 0 Å². The second-order valence-corrected chi connectivity index (χ2v) is 4.74. The lowest BCUT2D eigenvalue weighted by Gasteiger charge is -2.12. The van der Waals surface area contributed by atoms with Gasteiger partial charge < -0.3 is 9.53 Å². The first kappa shape index (κ1) is 13.5. The summed E-state index contributed by atoms with van der Waals surface area (Å²) in [7, 11) is 1.55. The number of rotatable bonds is 4. The molecule has 5 nitrogen and oxygen atoms in total. The molecule has 3 aromatic rings. The molecule has 0 fully saturated rings. The molecule has 0 amide bonds. The highest BCUT2D eigenvalue weighted by atomic mass is 16.5. The Bertz CT molecular complexity index is 884. The first-order valence-electron chi connectivity index (χ1n) is 6.60. The van der Waals surface area contributed by atoms with Crippen molar-refractivity contribution in [2.75, 3.05) is 7.11 Å². The van der Waals surface area contributed by atoms with Crippen LogP contribution in [0.25, 0.3) is 21.8 Å². The fourth-order valence-corrected chi connectivity index (χ4v) is 2.50. The predicted molar refractivity (Wildman–Crippen MR) is 80.3 cm³/mol. The fraction of sp³-hybridized carbons (Fsp3) is 0.188. The number of carbonyl (C=O) groups is 1. The number of carbonyl (C=O) groups excluding carboxylic acids is 1. The van der Waals surface area contributed by atoms with Gasteiger partial charge in [0.2, 0.25) is 0 Å². The van der Waals surface area contributed by atoms with Gasteiger partial charge in [-0.15, -0.1) is 0 Å². The van der Waals surface area contributed by atoms with E-state index in [0.29, 0.717) is 16.6 Å². The van der Waals surface area contributed by atoms with E-state index >= 15 is 0 Å². The van der Waals surface area contributed by atoms with Gasteiger partial charge in [-0.25, -0.2) is 0 Å². The van der Waals surface area contributed by atoms with E-state index in [-0.39, 0.29) is 18.7 Å². The number of hydrogen-bond acceptors (Lipinski definition) is 4. The van der Waals surface area contributed by atoms with Gasteiger partial charge in [0, 0.05) is 24.6 Å². The van der Waals surface area contributed by atoms with Gasteiger partial charge in [0.25, 0.3) is 5.56 Å². The Morgan fingerprint density at radius 2 is 2.00 bits per heavy atom. The van der Waals surface area contributed by atoms with Gasteiger partial charge in [0.05, 0.1) is 16.4 Å². The lowest BCUT2D eigenvalue weighted by atomic mass is 10.1. The normalized spacial score (nSPS) is 11.1. The van der Waals surface area contributed by atoms with E-state index < -0.39 is 0 Å². The van der Waals surface area contributed by atoms with Crippen molar-refractivity contribution in [3.05, 3.63) is 52.4 Å². The number of fused-ring (bicyclic) bond motifs is 3. The molecular formula is C16H14N2O3. The van der Waals surface area contributed by atoms with Crippen LogP contribution in [-0.4, -0.2) is 22.9 Å². The Labute approximate surface area is 120 Å². The second-order valence-electron chi connectivity index (χ2n) is 4.74. The van der Waals surface area contributed by atoms with Crippen LogP contribution in [0, 0.1) is 0 Å². The number of benzene rings is 1. The third kappa shape index (κ3) is 2.21. The summed E-state index contributed by atoms with van der Waals surface area (Å²) in [5.74, 6) is 0. The lowest BCUT2D eigenvalue weighted by Crippen LogP contribution is -2.22. The van der Waals surface area contributed by atoms with Gasteiger partial charge >= 0.3 is 0 Å². The summed E-state index contributed by atoms with van der Waals surface area (Å²) in [5.41, 5.74) is 1.91. The zero-order valence-corrected chi connectivity index (χ0v) is 11.6. The molecule has 21 heavy (non-hydrogen) atoms. The van der Waals surface area contributed by atoms with Gasteiger partial charge in [-0.05, 0) is 18.2 Å². The largest absolute Gasteiger partial charge is 0.364 e. The van der Waals surface area contributed by atoms with Gasteiger partial charge in [0.1, 0.15) is 13.0 Å². The maximum atomic E-state index is 12.6. The van der Waals surface area contributed by atoms with Crippen molar-refractivity contribution in [1.29, 1.82) is 0 Å². The first-order chi connectivity index (χ1) is 10.3. The van der Waals surface area contributed by atoms with Crippen LogP contribution in [-0.2, 0) is 22.7 Å². The standard InChI is InChI=1S/C16H14N2O3/c1-21-10-18-14-5-3-2-4-12(14)15-13(16(18)20)7-6-11(17-15)8-9-19/h2-7,9H,8,10H2,1H3. The topological polar surface area (TPSA) is 61.2 Å². The molecule has 0 saturated carbocycles. The third-order valence-electron chi connectivity index (χ3n) is 3.43. The Morgan fingerprint density at radius 3 is 2.76 bits per heavy atom. The van der Waals surface area contributed by atoms with E-state index in [2.05, 4.69) is 4.98 Å². The summed E-state index contributed by atoms with van der Waals surface area (Å²) in [6, 6.07) is 11.0. The van der Waals surface area contributed by atoms with E-state index in [9.17, 15) is 9.59 Å². The van der Waals surface area contributed by atoms with Crippen LogP contribution in [0.15, 0.2) is 41.2 Å². The highest BCUT2D eigenvalue weighted by molar-refractivity contribution is 6.03. The zero-order chi connectivity index (χ0) is 14.8. The highest BCUT2D eigenvalue weighted by Crippen LogP contribution is 2.21. The molecule has 1 aromatic carbocycles. The smallest absolute Gasteiger partial charge is 0.262 e. The summed E-state index contributed by atoms with van der Waals surface area (Å²) in [4.78, 5) is 27.7. The molecule has 3 rings (SSSR count). The first-order valence-corrected chi connectivity index (χ1v) is 6.60. The van der Waals surface area contributed by atoms with Crippen LogP contribution in [0.4, 0.5) is 0 Å². The molecule has 0 radical (unpaired) electrons. The lowest BCUT2D eigenvalue weighted by molar-refractivity contribution is -0.107. The highest BCUT2D eigenvalue weighted by Gasteiger charge is 2.11. The molecule has 0 unspecified atom stereocenters. The van der Waals surface area contributed by atoms with Crippen molar-refractivity contribution in [2.45, 2.75) is 13.2 Å². The van der Waals surface area contributed by atoms with Crippen LogP contribution >= 0.6 is 0 Å². The van der Waals surface area contributed by atoms with Crippen molar-refractivity contribution in [1.82, 2.24) is 9.55 Å². The summed E-state index contributed by atoms with van der Waals surface area (Å²) in [6.45, 7) is 0.186. The van der Waals surface area contributed by atoms with Crippen LogP contribution < -0.4 is 5.56 Å². The number of hydrogen-bond donors (Lipinski definition) is 0. The number of nitrogens with zero attached hydrogens (tertiary/aromatic N) is 2. The molecule has 106 valence electrons. The van der Waals surface area contributed by atoms with E-state index in [4.69, 9.17) is 4.74 Å². The number of pyridine rings is 2. The number of para-hydroxylation sites is 1. The van der Waals surface area contributed by atoms with Crippen molar-refractivity contribution < 1.29 is 9.53 Å². The van der Waals surface area contributed by atoms with Gasteiger partial charge in [-0.3, -0.25) is 14.3 Å². The molecule has 2 heterocycles. The molecule has 2 aromatic heterocycles. The minimum atomic E-state index is -0.143. The molecule has 0 atom stereocenters. The monoisotopic (exact) mass is 282 g/mol. The third-order valence-corrected chi connectivity index (χ3v) is 3.43.